The van der Waals surface area contributed by atoms with E-state index in [0.29, 0.717) is 5.92 Å². The third kappa shape index (κ3) is 4.08. The zero-order valence-electron chi connectivity index (χ0n) is 18.7. The molecule has 0 spiro atoms. The van der Waals surface area contributed by atoms with Crippen LogP contribution in [0.15, 0.2) is 23.0 Å². The molecule has 0 aliphatic carbocycles. The molecule has 0 aromatic carbocycles. The number of hydrogen-bond acceptors (Lipinski definition) is 7. The van der Waals surface area contributed by atoms with Crippen LogP contribution in [-0.2, 0) is 13.6 Å². The van der Waals surface area contributed by atoms with Crippen molar-refractivity contribution in [1.82, 2.24) is 29.8 Å². The summed E-state index contributed by atoms with van der Waals surface area (Å²) >= 11 is 0. The van der Waals surface area contributed by atoms with Crippen molar-refractivity contribution in [3.63, 3.8) is 0 Å². The van der Waals surface area contributed by atoms with E-state index in [9.17, 15) is 0 Å². The van der Waals surface area contributed by atoms with E-state index in [1.165, 1.54) is 24.1 Å². The van der Waals surface area contributed by atoms with Crippen LogP contribution in [0.3, 0.4) is 0 Å². The molecule has 164 valence electrons. The lowest BCUT2D eigenvalue weighted by Crippen LogP contribution is -2.33. The Balaban J connectivity index is 1.36. The van der Waals surface area contributed by atoms with Gasteiger partial charge in [0.2, 0.25) is 5.95 Å². The van der Waals surface area contributed by atoms with Crippen molar-refractivity contribution < 1.29 is 4.52 Å². The van der Waals surface area contributed by atoms with Gasteiger partial charge in [-0.05, 0) is 52.6 Å². The van der Waals surface area contributed by atoms with Gasteiger partial charge in [-0.3, -0.25) is 9.58 Å². The predicted molar refractivity (Wildman–Crippen MR) is 119 cm³/mol. The van der Waals surface area contributed by atoms with E-state index in [0.717, 1.165) is 74.2 Å². The first kappa shape index (κ1) is 20.2. The minimum absolute atomic E-state index is 0.399. The topological polar surface area (TPSA) is 76.1 Å². The first-order chi connectivity index (χ1) is 15.1. The molecule has 2 aliphatic rings. The zero-order valence-corrected chi connectivity index (χ0v) is 18.7. The van der Waals surface area contributed by atoms with Crippen molar-refractivity contribution >= 4 is 5.95 Å². The smallest absolute Gasteiger partial charge is 0.225 e. The summed E-state index contributed by atoms with van der Waals surface area (Å²) in [6.45, 7) is 9.25. The van der Waals surface area contributed by atoms with Crippen LogP contribution < -0.4 is 4.90 Å². The van der Waals surface area contributed by atoms with Crippen LogP contribution in [0.2, 0.25) is 0 Å². The molecular formula is C23H31N7O. The Kier molecular flexibility index (Phi) is 5.48. The third-order valence-electron chi connectivity index (χ3n) is 6.79. The van der Waals surface area contributed by atoms with Crippen molar-refractivity contribution in [2.75, 3.05) is 31.1 Å². The van der Waals surface area contributed by atoms with E-state index < -0.39 is 0 Å². The zero-order chi connectivity index (χ0) is 21.4. The summed E-state index contributed by atoms with van der Waals surface area (Å²) in [6, 6.07) is 1.98. The lowest BCUT2D eigenvalue weighted by Gasteiger charge is -2.32. The Hall–Kier alpha value is -2.74. The molecule has 31 heavy (non-hydrogen) atoms. The van der Waals surface area contributed by atoms with Gasteiger partial charge in [-0.15, -0.1) is 0 Å². The van der Waals surface area contributed by atoms with Gasteiger partial charge < -0.3 is 9.42 Å². The standard InChI is InChI=1S/C23H31N7O/c1-16-12-21(31-27-16)20-14-24-23(30-8-4-5-9-30)26-22(20)18-6-10-29(11-7-18)15-19-13-25-28(3)17(19)2/h12-14,18H,4-11,15H2,1-3H3. The maximum absolute atomic E-state index is 5.60. The van der Waals surface area contributed by atoms with Gasteiger partial charge in [0.1, 0.15) is 0 Å². The van der Waals surface area contributed by atoms with Crippen LogP contribution in [-0.4, -0.2) is 56.0 Å². The van der Waals surface area contributed by atoms with Gasteiger partial charge in [-0.1, -0.05) is 5.16 Å². The van der Waals surface area contributed by atoms with Gasteiger partial charge >= 0.3 is 0 Å². The second kappa shape index (κ2) is 8.42. The van der Waals surface area contributed by atoms with E-state index in [4.69, 9.17) is 14.5 Å². The van der Waals surface area contributed by atoms with E-state index >= 15 is 0 Å². The van der Waals surface area contributed by atoms with Crippen LogP contribution >= 0.6 is 0 Å². The second-order valence-electron chi connectivity index (χ2n) is 8.92. The number of aryl methyl sites for hydroxylation is 2. The fourth-order valence-corrected chi connectivity index (χ4v) is 4.75. The van der Waals surface area contributed by atoms with Gasteiger partial charge in [-0.25, -0.2) is 9.97 Å². The fourth-order valence-electron chi connectivity index (χ4n) is 4.75. The van der Waals surface area contributed by atoms with Crippen molar-refractivity contribution in [2.45, 2.75) is 52.0 Å². The number of aromatic nitrogens is 5. The molecule has 0 bridgehead atoms. The Labute approximate surface area is 183 Å². The van der Waals surface area contributed by atoms with Crippen LogP contribution in [0.25, 0.3) is 11.3 Å². The number of anilines is 1. The highest BCUT2D eigenvalue weighted by molar-refractivity contribution is 5.61. The first-order valence-electron chi connectivity index (χ1n) is 11.3. The largest absolute Gasteiger partial charge is 0.356 e. The Morgan fingerprint density at radius 2 is 1.84 bits per heavy atom. The van der Waals surface area contributed by atoms with Crippen LogP contribution in [0.1, 0.15) is 54.2 Å². The number of hydrogen-bond donors (Lipinski definition) is 0. The molecular weight excluding hydrogens is 390 g/mol. The summed E-state index contributed by atoms with van der Waals surface area (Å²) in [5.41, 5.74) is 5.55. The van der Waals surface area contributed by atoms with Gasteiger partial charge in [0, 0.05) is 56.1 Å². The first-order valence-corrected chi connectivity index (χ1v) is 11.3. The summed E-state index contributed by atoms with van der Waals surface area (Å²) in [5.74, 6) is 2.03. The molecule has 0 atom stereocenters. The Bertz CT molecular complexity index is 1040. The highest BCUT2D eigenvalue weighted by Gasteiger charge is 2.28. The minimum Gasteiger partial charge on any atom is -0.356 e. The molecule has 2 aliphatic heterocycles. The van der Waals surface area contributed by atoms with Gasteiger partial charge in [0.05, 0.1) is 23.1 Å². The van der Waals surface area contributed by atoms with Gasteiger partial charge in [0.15, 0.2) is 5.76 Å². The molecule has 0 N–H and O–H groups in total. The van der Waals surface area contributed by atoms with Crippen molar-refractivity contribution in [3.05, 3.63) is 41.1 Å². The monoisotopic (exact) mass is 421 g/mol. The van der Waals surface area contributed by atoms with E-state index in [1.807, 2.05) is 37.1 Å². The summed E-state index contributed by atoms with van der Waals surface area (Å²) in [7, 11) is 2.00. The maximum atomic E-state index is 5.60. The van der Waals surface area contributed by atoms with Crippen LogP contribution in [0, 0.1) is 13.8 Å². The summed E-state index contributed by atoms with van der Waals surface area (Å²) < 4.78 is 7.55. The third-order valence-corrected chi connectivity index (χ3v) is 6.79. The molecule has 5 heterocycles. The maximum Gasteiger partial charge on any atom is 0.225 e. The lowest BCUT2D eigenvalue weighted by atomic mass is 9.90. The molecule has 5 rings (SSSR count). The van der Waals surface area contributed by atoms with Crippen molar-refractivity contribution in [3.8, 4) is 11.3 Å². The average molecular weight is 422 g/mol. The number of piperidine rings is 1. The molecule has 0 amide bonds. The second-order valence-corrected chi connectivity index (χ2v) is 8.92. The molecule has 0 saturated carbocycles. The van der Waals surface area contributed by atoms with Crippen molar-refractivity contribution in [2.24, 2.45) is 7.05 Å². The summed E-state index contributed by atoms with van der Waals surface area (Å²) in [5, 5.41) is 8.48. The van der Waals surface area contributed by atoms with Crippen LogP contribution in [0.5, 0.6) is 0 Å². The highest BCUT2D eigenvalue weighted by atomic mass is 16.5. The summed E-state index contributed by atoms with van der Waals surface area (Å²) in [6.07, 6.45) is 8.54. The SMILES string of the molecule is Cc1cc(-c2cnc(N3CCCC3)nc2C2CCN(Cc3cnn(C)c3C)CC2)on1. The molecule has 3 aromatic heterocycles. The number of likely N-dealkylation sites (tertiary alicyclic amines) is 1. The molecule has 3 aromatic rings. The van der Waals surface area contributed by atoms with Gasteiger partial charge in [0.25, 0.3) is 0 Å². The average Bonchev–Trinajstić information content (AvgIpc) is 3.53. The quantitative estimate of drug-likeness (QED) is 0.624. The van der Waals surface area contributed by atoms with Gasteiger partial charge in [-0.2, -0.15) is 5.10 Å². The number of rotatable bonds is 5. The normalized spacial score (nSPS) is 18.2. The molecule has 8 nitrogen and oxygen atoms in total. The highest BCUT2D eigenvalue weighted by Crippen LogP contribution is 2.35. The molecule has 0 unspecified atom stereocenters. The molecule has 2 saturated heterocycles. The predicted octanol–water partition coefficient (Wildman–Crippen LogP) is 3.46. The number of nitrogens with zero attached hydrogens (tertiary/aromatic N) is 7. The molecule has 2 fully saturated rings. The van der Waals surface area contributed by atoms with Crippen molar-refractivity contribution in [1.29, 1.82) is 0 Å². The Morgan fingerprint density at radius 3 is 2.48 bits per heavy atom. The Morgan fingerprint density at radius 1 is 1.06 bits per heavy atom. The minimum atomic E-state index is 0.399. The van der Waals surface area contributed by atoms with E-state index in [1.54, 1.807) is 0 Å². The van der Waals surface area contributed by atoms with E-state index in [-0.39, 0.29) is 0 Å². The summed E-state index contributed by atoms with van der Waals surface area (Å²) in [4.78, 5) is 14.6. The van der Waals surface area contributed by atoms with E-state index in [2.05, 4.69) is 27.0 Å². The lowest BCUT2D eigenvalue weighted by molar-refractivity contribution is 0.203. The molecule has 8 heteroatoms. The molecule has 0 radical (unpaired) electrons. The van der Waals surface area contributed by atoms with Crippen LogP contribution in [0.4, 0.5) is 5.95 Å². The fraction of sp³-hybridized carbons (Fsp3) is 0.565.